The number of carboxylic acid groups (broad SMARTS) is 1. The van der Waals surface area contributed by atoms with Crippen LogP contribution in [0.15, 0.2) is 35.1 Å². The number of rotatable bonds is 4. The van der Waals surface area contributed by atoms with E-state index in [1.807, 2.05) is 0 Å². The largest absolute Gasteiger partial charge is 0.490 e. The van der Waals surface area contributed by atoms with Crippen molar-refractivity contribution in [1.29, 1.82) is 0 Å². The second-order valence-electron chi connectivity index (χ2n) is 4.38. The smallest absolute Gasteiger partial charge is 0.489 e. The maximum Gasteiger partial charge on any atom is 0.490 e. The first-order valence-corrected chi connectivity index (χ1v) is 6.32. The third kappa shape index (κ3) is 5.47. The fourth-order valence-corrected chi connectivity index (χ4v) is 1.44. The first kappa shape index (κ1) is 19.3. The molecule has 0 atom stereocenters. The van der Waals surface area contributed by atoms with Crippen molar-refractivity contribution in [3.8, 4) is 5.75 Å². The molecule has 3 N–H and O–H groups in total. The van der Waals surface area contributed by atoms with Gasteiger partial charge in [-0.25, -0.2) is 14.2 Å². The standard InChI is InChI=1S/C12H11FN2O2.C2HF3O2/c13-4-8(5-14)7-17-10-1-2-11-9(3-10)6-15-12(11)16;3-2(4,5)1(6)7/h1-4,6H,5,7,14H2;(H,6,7)/b8-4-;. The van der Waals surface area contributed by atoms with Gasteiger partial charge in [0.15, 0.2) is 0 Å². The van der Waals surface area contributed by atoms with Crippen LogP contribution >= 0.6 is 0 Å². The lowest BCUT2D eigenvalue weighted by atomic mass is 10.1. The van der Waals surface area contributed by atoms with E-state index in [1.54, 1.807) is 18.2 Å². The van der Waals surface area contributed by atoms with Gasteiger partial charge in [0.1, 0.15) is 12.4 Å². The predicted molar refractivity (Wildman–Crippen MR) is 75.8 cm³/mol. The van der Waals surface area contributed by atoms with E-state index >= 15 is 0 Å². The number of alkyl halides is 3. The first-order valence-electron chi connectivity index (χ1n) is 6.32. The van der Waals surface area contributed by atoms with Gasteiger partial charge in [-0.1, -0.05) is 0 Å². The van der Waals surface area contributed by atoms with Crippen molar-refractivity contribution in [2.45, 2.75) is 6.18 Å². The molecule has 2 rings (SSSR count). The molecule has 1 aromatic carbocycles. The number of carboxylic acids is 1. The number of benzene rings is 1. The van der Waals surface area contributed by atoms with Crippen molar-refractivity contribution in [2.24, 2.45) is 10.7 Å². The Morgan fingerprint density at radius 3 is 2.50 bits per heavy atom. The number of nitrogens with zero attached hydrogens (tertiary/aromatic N) is 1. The van der Waals surface area contributed by atoms with Crippen LogP contribution in [0.5, 0.6) is 5.75 Å². The van der Waals surface area contributed by atoms with E-state index < -0.39 is 12.1 Å². The summed E-state index contributed by atoms with van der Waals surface area (Å²) in [5.41, 5.74) is 6.94. The zero-order valence-electron chi connectivity index (χ0n) is 12.0. The molecule has 0 fully saturated rings. The molecule has 0 aromatic heterocycles. The van der Waals surface area contributed by atoms with Gasteiger partial charge in [0.25, 0.3) is 5.91 Å². The lowest BCUT2D eigenvalue weighted by molar-refractivity contribution is -0.192. The highest BCUT2D eigenvalue weighted by atomic mass is 19.4. The van der Waals surface area contributed by atoms with Crippen LogP contribution < -0.4 is 10.5 Å². The third-order valence-electron chi connectivity index (χ3n) is 2.66. The molecule has 0 radical (unpaired) electrons. The Hall–Kier alpha value is -2.75. The molecule has 6 nitrogen and oxygen atoms in total. The fraction of sp³-hybridized carbons (Fsp3) is 0.214. The van der Waals surface area contributed by atoms with Gasteiger partial charge < -0.3 is 15.6 Å². The molecule has 24 heavy (non-hydrogen) atoms. The van der Waals surface area contributed by atoms with Gasteiger partial charge >= 0.3 is 12.1 Å². The Morgan fingerprint density at radius 2 is 2.00 bits per heavy atom. The van der Waals surface area contributed by atoms with Crippen LogP contribution in [-0.4, -0.2) is 42.5 Å². The third-order valence-corrected chi connectivity index (χ3v) is 2.66. The van der Waals surface area contributed by atoms with Gasteiger partial charge in [-0.05, 0) is 18.2 Å². The number of amides is 1. The molecule has 1 aliphatic heterocycles. The summed E-state index contributed by atoms with van der Waals surface area (Å²) in [6.07, 6.45) is -3.16. The maximum atomic E-state index is 12.2. The van der Waals surface area contributed by atoms with E-state index in [2.05, 4.69) is 4.99 Å². The van der Waals surface area contributed by atoms with Crippen LogP contribution in [0.1, 0.15) is 15.9 Å². The lowest BCUT2D eigenvalue weighted by Gasteiger charge is -2.07. The van der Waals surface area contributed by atoms with Crippen LogP contribution in [0.4, 0.5) is 17.6 Å². The molecule has 10 heteroatoms. The number of carbonyl (C=O) groups excluding carboxylic acids is 1. The summed E-state index contributed by atoms with van der Waals surface area (Å²) in [5, 5.41) is 7.12. The minimum atomic E-state index is -5.08. The van der Waals surface area contributed by atoms with Crippen LogP contribution in [0.3, 0.4) is 0 Å². The topological polar surface area (TPSA) is 102 Å². The van der Waals surface area contributed by atoms with E-state index in [-0.39, 0.29) is 19.1 Å². The summed E-state index contributed by atoms with van der Waals surface area (Å²) < 4.78 is 49.3. The van der Waals surface area contributed by atoms with Gasteiger partial charge in [-0.15, -0.1) is 0 Å². The van der Waals surface area contributed by atoms with Crippen molar-refractivity contribution in [1.82, 2.24) is 0 Å². The Kier molecular flexibility index (Phi) is 6.59. The summed E-state index contributed by atoms with van der Waals surface area (Å²) in [6, 6.07) is 4.98. The molecular weight excluding hydrogens is 336 g/mol. The summed E-state index contributed by atoms with van der Waals surface area (Å²) in [5.74, 6) is -2.46. The lowest BCUT2D eigenvalue weighted by Crippen LogP contribution is -2.21. The average molecular weight is 348 g/mol. The fourth-order valence-electron chi connectivity index (χ4n) is 1.44. The molecule has 1 heterocycles. The summed E-state index contributed by atoms with van der Waals surface area (Å²) >= 11 is 0. The highest BCUT2D eigenvalue weighted by Gasteiger charge is 2.38. The van der Waals surface area contributed by atoms with Gasteiger partial charge in [0.2, 0.25) is 0 Å². The normalized spacial score (nSPS) is 13.2. The quantitative estimate of drug-likeness (QED) is 0.811. The predicted octanol–water partition coefficient (Wildman–Crippen LogP) is 2.08. The van der Waals surface area contributed by atoms with Gasteiger partial charge in [-0.3, -0.25) is 4.79 Å². The first-order chi connectivity index (χ1) is 11.2. The number of hydrogen-bond donors (Lipinski definition) is 2. The average Bonchev–Trinajstić information content (AvgIpc) is 2.89. The number of fused-ring (bicyclic) bond motifs is 1. The Bertz CT molecular complexity index is 684. The number of ether oxygens (including phenoxy) is 1. The zero-order valence-corrected chi connectivity index (χ0v) is 12.0. The monoisotopic (exact) mass is 348 g/mol. The molecule has 0 spiro atoms. The van der Waals surface area contributed by atoms with E-state index in [0.29, 0.717) is 28.8 Å². The van der Waals surface area contributed by atoms with Crippen molar-refractivity contribution in [3.05, 3.63) is 41.2 Å². The second kappa shape index (κ2) is 8.20. The Labute approximate surface area is 133 Å². The summed E-state index contributed by atoms with van der Waals surface area (Å²) in [4.78, 5) is 23.8. The summed E-state index contributed by atoms with van der Waals surface area (Å²) in [7, 11) is 0. The SMILES string of the molecule is NC/C(=C/F)COc1ccc2c(c1)C=NC2=O.O=C(O)C(F)(F)F. The molecule has 0 aliphatic carbocycles. The molecule has 0 saturated heterocycles. The van der Waals surface area contributed by atoms with Crippen LogP contribution in [0.25, 0.3) is 0 Å². The van der Waals surface area contributed by atoms with Crippen LogP contribution in [0.2, 0.25) is 0 Å². The maximum absolute atomic E-state index is 12.2. The van der Waals surface area contributed by atoms with E-state index in [0.717, 1.165) is 0 Å². The van der Waals surface area contributed by atoms with Crippen LogP contribution in [-0.2, 0) is 4.79 Å². The molecule has 0 saturated carbocycles. The van der Waals surface area contributed by atoms with Crippen molar-refractivity contribution >= 4 is 18.1 Å². The minimum absolute atomic E-state index is 0.0941. The molecular formula is C14H12F4N2O4. The van der Waals surface area contributed by atoms with Gasteiger partial charge in [0, 0.05) is 23.9 Å². The molecule has 1 aliphatic rings. The highest BCUT2D eigenvalue weighted by Crippen LogP contribution is 2.21. The molecule has 0 unspecified atom stereocenters. The van der Waals surface area contributed by atoms with Crippen LogP contribution in [0, 0.1) is 0 Å². The van der Waals surface area contributed by atoms with Crippen molar-refractivity contribution < 1.29 is 37.0 Å². The highest BCUT2D eigenvalue weighted by molar-refractivity contribution is 6.13. The summed E-state index contributed by atoms with van der Waals surface area (Å²) in [6.45, 7) is 0.207. The molecule has 1 amide bonds. The van der Waals surface area contributed by atoms with Gasteiger partial charge in [0.05, 0.1) is 11.9 Å². The number of carbonyl (C=O) groups is 2. The number of hydrogen-bond acceptors (Lipinski definition) is 4. The Morgan fingerprint density at radius 1 is 1.38 bits per heavy atom. The number of halogens is 4. The van der Waals surface area contributed by atoms with Crippen molar-refractivity contribution in [2.75, 3.05) is 13.2 Å². The number of aliphatic carboxylic acids is 1. The molecule has 130 valence electrons. The zero-order chi connectivity index (χ0) is 18.3. The van der Waals surface area contributed by atoms with Gasteiger partial charge in [-0.2, -0.15) is 13.2 Å². The number of nitrogens with two attached hydrogens (primary N) is 1. The molecule has 0 bridgehead atoms. The van der Waals surface area contributed by atoms with E-state index in [4.69, 9.17) is 20.4 Å². The Balaban J connectivity index is 0.000000351. The van der Waals surface area contributed by atoms with E-state index in [9.17, 15) is 22.4 Å². The number of aliphatic imine (C=N–C) groups is 1. The second-order valence-corrected chi connectivity index (χ2v) is 4.38. The van der Waals surface area contributed by atoms with Crippen molar-refractivity contribution in [3.63, 3.8) is 0 Å². The molecule has 1 aromatic rings. The minimum Gasteiger partial charge on any atom is -0.489 e. The van der Waals surface area contributed by atoms with E-state index in [1.165, 1.54) is 6.21 Å².